The Labute approximate surface area is 167 Å². The lowest BCUT2D eigenvalue weighted by Gasteiger charge is -2.25. The first-order chi connectivity index (χ1) is 13.7. The number of carbonyl (C=O) groups is 2. The van der Waals surface area contributed by atoms with Gasteiger partial charge in [-0.05, 0) is 48.4 Å². The standard InChI is InChI=1S/C21H23NO7/c1-3-29-21(28)15(10-14-5-8-17(24)19(26)12-14)22(2)20(27)9-6-13-4-7-16(23)18(25)11-13/h4-9,11-12,15,23-26H,3,10H2,1-2H3/t15-/m0/s1. The van der Waals surface area contributed by atoms with Crippen LogP contribution in [0.4, 0.5) is 0 Å². The zero-order chi connectivity index (χ0) is 21.6. The van der Waals surface area contributed by atoms with Gasteiger partial charge in [0.05, 0.1) is 6.61 Å². The van der Waals surface area contributed by atoms with E-state index in [2.05, 4.69) is 0 Å². The van der Waals surface area contributed by atoms with Crippen molar-refractivity contribution in [3.05, 3.63) is 53.6 Å². The van der Waals surface area contributed by atoms with Crippen molar-refractivity contribution in [1.29, 1.82) is 0 Å². The summed E-state index contributed by atoms with van der Waals surface area (Å²) in [5, 5.41) is 38.0. The average Bonchev–Trinajstić information content (AvgIpc) is 2.69. The van der Waals surface area contributed by atoms with Gasteiger partial charge in [-0.25, -0.2) is 4.79 Å². The van der Waals surface area contributed by atoms with E-state index >= 15 is 0 Å². The summed E-state index contributed by atoms with van der Waals surface area (Å²) in [6.07, 6.45) is 2.74. The lowest BCUT2D eigenvalue weighted by molar-refractivity contribution is -0.152. The minimum atomic E-state index is -0.954. The molecule has 0 heterocycles. The molecule has 0 fully saturated rings. The summed E-state index contributed by atoms with van der Waals surface area (Å²) < 4.78 is 5.06. The summed E-state index contributed by atoms with van der Waals surface area (Å²) >= 11 is 0. The van der Waals surface area contributed by atoms with Gasteiger partial charge in [0.2, 0.25) is 5.91 Å². The zero-order valence-corrected chi connectivity index (χ0v) is 16.1. The Bertz CT molecular complexity index is 923. The molecule has 0 saturated heterocycles. The maximum absolute atomic E-state index is 12.6. The molecule has 0 radical (unpaired) electrons. The second kappa shape index (κ2) is 9.50. The van der Waals surface area contributed by atoms with Gasteiger partial charge < -0.3 is 30.1 Å². The number of hydrogen-bond acceptors (Lipinski definition) is 7. The van der Waals surface area contributed by atoms with Crippen LogP contribution in [0.25, 0.3) is 6.08 Å². The number of rotatable bonds is 7. The van der Waals surface area contributed by atoms with Gasteiger partial charge in [0, 0.05) is 19.5 Å². The molecule has 0 aliphatic carbocycles. The van der Waals surface area contributed by atoms with Crippen molar-refractivity contribution in [3.8, 4) is 23.0 Å². The van der Waals surface area contributed by atoms with E-state index in [1.807, 2.05) is 0 Å². The fourth-order valence-electron chi connectivity index (χ4n) is 2.62. The predicted molar refractivity (Wildman–Crippen MR) is 105 cm³/mol. The molecular formula is C21H23NO7. The van der Waals surface area contributed by atoms with Crippen molar-refractivity contribution >= 4 is 18.0 Å². The number of ether oxygens (including phenoxy) is 1. The molecule has 4 N–H and O–H groups in total. The van der Waals surface area contributed by atoms with Crippen LogP contribution in [0.15, 0.2) is 42.5 Å². The molecule has 0 bridgehead atoms. The van der Waals surface area contributed by atoms with Crippen LogP contribution >= 0.6 is 0 Å². The van der Waals surface area contributed by atoms with E-state index in [1.54, 1.807) is 6.92 Å². The summed E-state index contributed by atoms with van der Waals surface area (Å²) in [4.78, 5) is 26.2. The van der Waals surface area contributed by atoms with Crippen LogP contribution in [0.3, 0.4) is 0 Å². The second-order valence-corrected chi connectivity index (χ2v) is 6.33. The molecule has 2 rings (SSSR count). The molecule has 1 amide bonds. The third kappa shape index (κ3) is 5.65. The fraction of sp³-hybridized carbons (Fsp3) is 0.238. The predicted octanol–water partition coefficient (Wildman–Crippen LogP) is 2.16. The Morgan fingerprint density at radius 1 is 1.00 bits per heavy atom. The Morgan fingerprint density at radius 3 is 2.21 bits per heavy atom. The van der Waals surface area contributed by atoms with Crippen LogP contribution in [-0.4, -0.2) is 56.9 Å². The maximum Gasteiger partial charge on any atom is 0.329 e. The monoisotopic (exact) mass is 401 g/mol. The van der Waals surface area contributed by atoms with Gasteiger partial charge in [-0.2, -0.15) is 0 Å². The number of carbonyl (C=O) groups excluding carboxylic acids is 2. The highest BCUT2D eigenvalue weighted by Gasteiger charge is 2.27. The third-order valence-electron chi connectivity index (χ3n) is 4.26. The Balaban J connectivity index is 2.20. The van der Waals surface area contributed by atoms with Gasteiger partial charge in [0.1, 0.15) is 6.04 Å². The van der Waals surface area contributed by atoms with Crippen LogP contribution in [0.5, 0.6) is 23.0 Å². The number of aromatic hydroxyl groups is 4. The molecule has 0 spiro atoms. The summed E-state index contributed by atoms with van der Waals surface area (Å²) in [7, 11) is 1.45. The average molecular weight is 401 g/mol. The minimum Gasteiger partial charge on any atom is -0.504 e. The van der Waals surface area contributed by atoms with E-state index in [4.69, 9.17) is 4.74 Å². The van der Waals surface area contributed by atoms with Gasteiger partial charge in [-0.1, -0.05) is 12.1 Å². The van der Waals surface area contributed by atoms with Crippen molar-refractivity contribution in [2.24, 2.45) is 0 Å². The summed E-state index contributed by atoms with van der Waals surface area (Å²) in [5.74, 6) is -2.29. The van der Waals surface area contributed by atoms with Crippen molar-refractivity contribution < 1.29 is 34.8 Å². The maximum atomic E-state index is 12.6. The molecule has 2 aromatic carbocycles. The van der Waals surface area contributed by atoms with Crippen LogP contribution in [0, 0.1) is 0 Å². The van der Waals surface area contributed by atoms with Gasteiger partial charge in [-0.3, -0.25) is 4.79 Å². The van der Waals surface area contributed by atoms with Gasteiger partial charge >= 0.3 is 5.97 Å². The molecule has 8 heteroatoms. The Kier molecular flexibility index (Phi) is 7.08. The molecular weight excluding hydrogens is 378 g/mol. The van der Waals surface area contributed by atoms with Crippen LogP contribution in [-0.2, 0) is 20.7 Å². The number of nitrogens with zero attached hydrogens (tertiary/aromatic N) is 1. The molecule has 8 nitrogen and oxygen atoms in total. The molecule has 0 unspecified atom stereocenters. The molecule has 0 aliphatic heterocycles. The number of phenols is 4. The van der Waals surface area contributed by atoms with Gasteiger partial charge in [0.15, 0.2) is 23.0 Å². The van der Waals surface area contributed by atoms with Crippen LogP contribution in [0.1, 0.15) is 18.1 Å². The van der Waals surface area contributed by atoms with E-state index in [9.17, 15) is 30.0 Å². The van der Waals surface area contributed by atoms with E-state index in [1.165, 1.54) is 60.5 Å². The largest absolute Gasteiger partial charge is 0.504 e. The molecule has 0 saturated carbocycles. The highest BCUT2D eigenvalue weighted by molar-refractivity contribution is 5.94. The smallest absolute Gasteiger partial charge is 0.329 e. The first-order valence-corrected chi connectivity index (χ1v) is 8.87. The lowest BCUT2D eigenvalue weighted by Crippen LogP contribution is -2.44. The first kappa shape index (κ1) is 21.6. The zero-order valence-electron chi connectivity index (χ0n) is 16.1. The van der Waals surface area contributed by atoms with Crippen molar-refractivity contribution in [3.63, 3.8) is 0 Å². The first-order valence-electron chi connectivity index (χ1n) is 8.87. The van der Waals surface area contributed by atoms with E-state index in [0.29, 0.717) is 11.1 Å². The number of esters is 1. The van der Waals surface area contributed by atoms with Crippen molar-refractivity contribution in [2.45, 2.75) is 19.4 Å². The minimum absolute atomic E-state index is 0.0722. The number of benzene rings is 2. The second-order valence-electron chi connectivity index (χ2n) is 6.33. The van der Waals surface area contributed by atoms with Gasteiger partial charge in [0.25, 0.3) is 0 Å². The number of hydrogen-bond donors (Lipinski definition) is 4. The summed E-state index contributed by atoms with van der Waals surface area (Å²) in [6, 6.07) is 7.30. The molecule has 154 valence electrons. The van der Waals surface area contributed by atoms with E-state index in [0.717, 1.165) is 0 Å². The summed E-state index contributed by atoms with van der Waals surface area (Å²) in [5.41, 5.74) is 1.02. The topological polar surface area (TPSA) is 128 Å². The molecule has 29 heavy (non-hydrogen) atoms. The molecule has 1 atom stereocenters. The highest BCUT2D eigenvalue weighted by atomic mass is 16.5. The Hall–Kier alpha value is -3.68. The summed E-state index contributed by atoms with van der Waals surface area (Å²) in [6.45, 7) is 1.79. The lowest BCUT2D eigenvalue weighted by atomic mass is 10.0. The normalized spacial score (nSPS) is 11.9. The Morgan fingerprint density at radius 2 is 1.62 bits per heavy atom. The van der Waals surface area contributed by atoms with Gasteiger partial charge in [-0.15, -0.1) is 0 Å². The quantitative estimate of drug-likeness (QED) is 0.318. The molecule has 0 aliphatic rings. The molecule has 2 aromatic rings. The number of likely N-dealkylation sites (N-methyl/N-ethyl adjacent to an activating group) is 1. The number of phenolic OH excluding ortho intramolecular Hbond substituents is 4. The van der Waals surface area contributed by atoms with Crippen molar-refractivity contribution in [1.82, 2.24) is 4.90 Å². The SMILES string of the molecule is CCOC(=O)[C@H](Cc1ccc(O)c(O)c1)N(C)C(=O)C=Cc1ccc(O)c(O)c1. The highest BCUT2D eigenvalue weighted by Crippen LogP contribution is 2.27. The molecule has 0 aromatic heterocycles. The van der Waals surface area contributed by atoms with E-state index < -0.39 is 17.9 Å². The fourth-order valence-corrected chi connectivity index (χ4v) is 2.62. The number of amides is 1. The van der Waals surface area contributed by atoms with E-state index in [-0.39, 0.29) is 36.0 Å². The van der Waals surface area contributed by atoms with Crippen LogP contribution in [0.2, 0.25) is 0 Å². The van der Waals surface area contributed by atoms with Crippen LogP contribution < -0.4 is 0 Å². The van der Waals surface area contributed by atoms with Crippen molar-refractivity contribution in [2.75, 3.05) is 13.7 Å². The third-order valence-corrected chi connectivity index (χ3v) is 4.26.